The summed E-state index contributed by atoms with van der Waals surface area (Å²) >= 11 is 0. The lowest BCUT2D eigenvalue weighted by atomic mass is 9.71. The summed E-state index contributed by atoms with van der Waals surface area (Å²) in [5.41, 5.74) is -4.05. The highest BCUT2D eigenvalue weighted by Crippen LogP contribution is 2.47. The van der Waals surface area contributed by atoms with Crippen molar-refractivity contribution in [1.29, 1.82) is 0 Å². The van der Waals surface area contributed by atoms with Gasteiger partial charge in [-0.1, -0.05) is 0 Å². The maximum atomic E-state index is 14.8. The zero-order valence-corrected chi connectivity index (χ0v) is 24.7. The fourth-order valence-electron chi connectivity index (χ4n) is 5.48. The Balaban J connectivity index is 1.52. The first-order valence-electron chi connectivity index (χ1n) is 14.5. The number of halogens is 4. The van der Waals surface area contributed by atoms with E-state index in [4.69, 9.17) is 9.47 Å². The Morgan fingerprint density at radius 3 is 2.36 bits per heavy atom. The number of Topliss-reactive ketones (excluding diaryl/α,β-unsaturated/α-hetero) is 1. The van der Waals surface area contributed by atoms with Crippen molar-refractivity contribution in [2.24, 2.45) is 0 Å². The minimum atomic E-state index is -5.21. The van der Waals surface area contributed by atoms with E-state index in [-0.39, 0.29) is 34.6 Å². The Kier molecular flexibility index (Phi) is 8.45. The van der Waals surface area contributed by atoms with Gasteiger partial charge in [0.05, 0.1) is 30.1 Å². The average Bonchev–Trinajstić information content (AvgIpc) is 3.78. The molecule has 2 N–H and O–H groups in total. The van der Waals surface area contributed by atoms with Gasteiger partial charge in [-0.05, 0) is 105 Å². The Hall–Kier alpha value is -3.99. The first kappa shape index (κ1) is 31.4. The van der Waals surface area contributed by atoms with Crippen LogP contribution in [0.25, 0.3) is 11.3 Å². The van der Waals surface area contributed by atoms with Gasteiger partial charge in [0.1, 0.15) is 5.82 Å². The lowest BCUT2D eigenvalue weighted by Gasteiger charge is -2.43. The lowest BCUT2D eigenvalue weighted by molar-refractivity contribution is -0.270. The zero-order valence-electron chi connectivity index (χ0n) is 24.7. The van der Waals surface area contributed by atoms with Gasteiger partial charge < -0.3 is 19.9 Å². The Morgan fingerprint density at radius 2 is 1.80 bits per heavy atom. The molecule has 234 valence electrons. The molecule has 2 aromatic carbocycles. The van der Waals surface area contributed by atoms with Crippen LogP contribution in [-0.4, -0.2) is 41.2 Å². The van der Waals surface area contributed by atoms with Crippen LogP contribution in [-0.2, 0) is 15.9 Å². The van der Waals surface area contributed by atoms with E-state index in [0.29, 0.717) is 29.7 Å². The highest BCUT2D eigenvalue weighted by Gasteiger charge is 2.56. The highest BCUT2D eigenvalue weighted by molar-refractivity contribution is 5.96. The first-order chi connectivity index (χ1) is 20.7. The van der Waals surface area contributed by atoms with Crippen LogP contribution in [0.15, 0.2) is 48.5 Å². The number of nitrogens with one attached hydrogen (secondary N) is 1. The number of aromatic nitrogens is 1. The Bertz CT molecular complexity index is 1580. The molecule has 44 heavy (non-hydrogen) atoms. The van der Waals surface area contributed by atoms with E-state index in [1.165, 1.54) is 51.3 Å². The van der Waals surface area contributed by atoms with Gasteiger partial charge in [-0.3, -0.25) is 9.59 Å². The molecule has 2 aliphatic carbocycles. The van der Waals surface area contributed by atoms with Gasteiger partial charge >= 0.3 is 6.18 Å². The van der Waals surface area contributed by atoms with Crippen LogP contribution in [0.4, 0.5) is 17.6 Å². The molecular weight excluding hydrogens is 580 g/mol. The molecule has 11 heteroatoms. The predicted molar refractivity (Wildman–Crippen MR) is 154 cm³/mol. The number of carbonyl (C=O) groups is 2. The minimum Gasteiger partial charge on any atom is -0.493 e. The van der Waals surface area contributed by atoms with Gasteiger partial charge in [0.15, 0.2) is 17.3 Å². The molecule has 2 aliphatic rings. The maximum absolute atomic E-state index is 14.8. The number of aryl methyl sites for hydroxylation is 1. The molecule has 1 heterocycles. The SMILES string of the molecule is COc1cc(C(=O)CCC(O)(c2cc(C3(NC(C)=O)CCC3)cc(-c3ccc(F)c(C)c3)n2)C(F)(F)F)ccc1OC1CC1. The van der Waals surface area contributed by atoms with Crippen LogP contribution in [0.1, 0.15) is 79.0 Å². The number of pyridine rings is 1. The lowest BCUT2D eigenvalue weighted by Crippen LogP contribution is -2.50. The molecule has 7 nitrogen and oxygen atoms in total. The second kappa shape index (κ2) is 11.8. The van der Waals surface area contributed by atoms with Crippen molar-refractivity contribution in [3.05, 3.63) is 76.7 Å². The second-order valence-electron chi connectivity index (χ2n) is 11.7. The van der Waals surface area contributed by atoms with Gasteiger partial charge in [-0.15, -0.1) is 0 Å². The molecule has 5 rings (SSSR count). The fraction of sp³-hybridized carbons (Fsp3) is 0.424. The van der Waals surface area contributed by atoms with Crippen LogP contribution in [0, 0.1) is 12.7 Å². The second-order valence-corrected chi connectivity index (χ2v) is 11.7. The molecule has 0 saturated heterocycles. The summed E-state index contributed by atoms with van der Waals surface area (Å²) in [6.07, 6.45) is -3.31. The van der Waals surface area contributed by atoms with E-state index in [2.05, 4.69) is 10.3 Å². The number of methoxy groups -OCH3 is 1. The highest BCUT2D eigenvalue weighted by atomic mass is 19.4. The van der Waals surface area contributed by atoms with Gasteiger partial charge in [0.2, 0.25) is 11.5 Å². The molecule has 0 bridgehead atoms. The summed E-state index contributed by atoms with van der Waals surface area (Å²) in [5, 5.41) is 14.2. The summed E-state index contributed by atoms with van der Waals surface area (Å²) in [4.78, 5) is 29.5. The van der Waals surface area contributed by atoms with Crippen LogP contribution < -0.4 is 14.8 Å². The van der Waals surface area contributed by atoms with E-state index in [9.17, 15) is 32.3 Å². The molecule has 2 fully saturated rings. The Labute approximate surface area is 252 Å². The van der Waals surface area contributed by atoms with Gasteiger partial charge in [0, 0.05) is 24.5 Å². The third-order valence-electron chi connectivity index (χ3n) is 8.36. The van der Waals surface area contributed by atoms with Crippen molar-refractivity contribution in [3.63, 3.8) is 0 Å². The molecule has 0 spiro atoms. The van der Waals surface area contributed by atoms with Gasteiger partial charge in [-0.2, -0.15) is 13.2 Å². The summed E-state index contributed by atoms with van der Waals surface area (Å²) < 4.78 is 69.4. The number of amides is 1. The van der Waals surface area contributed by atoms with Crippen molar-refractivity contribution < 1.29 is 41.7 Å². The van der Waals surface area contributed by atoms with Crippen molar-refractivity contribution >= 4 is 11.7 Å². The molecular formula is C33H34F4N2O5. The van der Waals surface area contributed by atoms with Gasteiger partial charge in [0.25, 0.3) is 0 Å². The van der Waals surface area contributed by atoms with Crippen LogP contribution in [0.3, 0.4) is 0 Å². The summed E-state index contributed by atoms with van der Waals surface area (Å²) in [6, 6.07) is 11.2. The topological polar surface area (TPSA) is 97.8 Å². The average molecular weight is 615 g/mol. The largest absolute Gasteiger partial charge is 0.493 e. The fourth-order valence-corrected chi connectivity index (χ4v) is 5.48. The zero-order chi connectivity index (χ0) is 31.9. The van der Waals surface area contributed by atoms with Crippen molar-refractivity contribution in [2.45, 2.75) is 82.2 Å². The number of hydrogen-bond acceptors (Lipinski definition) is 6. The number of ether oxygens (including phenoxy) is 2. The van der Waals surface area contributed by atoms with Crippen LogP contribution >= 0.6 is 0 Å². The standard InChI is InChI=1S/C33H34F4N2O5/c1-19-15-21(5-9-25(19)34)26-17-23(31(12-4-13-31)39-20(2)40)18-30(38-26)32(42,33(35,36)37)14-11-27(41)22-6-10-28(29(16-22)43-3)44-24-7-8-24/h5-6,9-10,15-18,24,42H,4,7-8,11-14H2,1-3H3,(H,39,40). The third-order valence-corrected chi connectivity index (χ3v) is 8.36. The van der Waals surface area contributed by atoms with E-state index >= 15 is 0 Å². The van der Waals surface area contributed by atoms with E-state index in [1.807, 2.05) is 0 Å². The first-order valence-corrected chi connectivity index (χ1v) is 14.5. The number of rotatable bonds is 11. The van der Waals surface area contributed by atoms with Crippen LogP contribution in [0.2, 0.25) is 0 Å². The van der Waals surface area contributed by atoms with Crippen molar-refractivity contribution in [3.8, 4) is 22.8 Å². The number of carbonyl (C=O) groups excluding carboxylic acids is 2. The predicted octanol–water partition coefficient (Wildman–Crippen LogP) is 6.67. The van der Waals surface area contributed by atoms with E-state index in [0.717, 1.165) is 25.3 Å². The normalized spacial score (nSPS) is 17.3. The smallest absolute Gasteiger partial charge is 0.422 e. The maximum Gasteiger partial charge on any atom is 0.422 e. The minimum absolute atomic E-state index is 0.0715. The summed E-state index contributed by atoms with van der Waals surface area (Å²) in [5.74, 6) is -0.766. The van der Waals surface area contributed by atoms with E-state index in [1.54, 1.807) is 12.1 Å². The third kappa shape index (κ3) is 6.29. The summed E-state index contributed by atoms with van der Waals surface area (Å²) in [7, 11) is 1.40. The van der Waals surface area contributed by atoms with Crippen LogP contribution in [0.5, 0.6) is 11.5 Å². The van der Waals surface area contributed by atoms with E-state index < -0.39 is 47.5 Å². The number of ketones is 1. The number of hydrogen-bond donors (Lipinski definition) is 2. The van der Waals surface area contributed by atoms with Crippen molar-refractivity contribution in [2.75, 3.05) is 7.11 Å². The molecule has 1 amide bonds. The number of nitrogens with zero attached hydrogens (tertiary/aromatic N) is 1. The molecule has 3 aromatic rings. The molecule has 1 atom stereocenters. The molecule has 0 aliphatic heterocycles. The number of benzene rings is 2. The quantitative estimate of drug-likeness (QED) is 0.185. The number of aliphatic hydroxyl groups is 1. The molecule has 1 unspecified atom stereocenters. The molecule has 0 radical (unpaired) electrons. The summed E-state index contributed by atoms with van der Waals surface area (Å²) in [6.45, 7) is 2.84. The molecule has 1 aromatic heterocycles. The van der Waals surface area contributed by atoms with Gasteiger partial charge in [-0.25, -0.2) is 9.37 Å². The van der Waals surface area contributed by atoms with Crippen molar-refractivity contribution in [1.82, 2.24) is 10.3 Å². The molecule has 2 saturated carbocycles. The number of alkyl halides is 3. The monoisotopic (exact) mass is 614 g/mol. The Morgan fingerprint density at radius 1 is 1.07 bits per heavy atom.